The summed E-state index contributed by atoms with van der Waals surface area (Å²) in [6.45, 7) is 12.1. The fourth-order valence-electron chi connectivity index (χ4n) is 2.70. The Morgan fingerprint density at radius 2 is 1.70 bits per heavy atom. The van der Waals surface area contributed by atoms with Gasteiger partial charge >= 0.3 is 5.97 Å². The highest BCUT2D eigenvalue weighted by Crippen LogP contribution is 2.02. The molecule has 0 saturated carbocycles. The topological polar surface area (TPSA) is 70.8 Å². The molecule has 6 heteroatoms. The number of carbonyl (C=O) groups excluding carboxylic acids is 1. The van der Waals surface area contributed by atoms with Crippen molar-refractivity contribution in [1.82, 2.24) is 15.1 Å². The number of carbonyl (C=O) groups is 1. The molecule has 1 saturated heterocycles. The molecule has 0 radical (unpaired) electrons. The van der Waals surface area contributed by atoms with Crippen molar-refractivity contribution in [2.24, 2.45) is 5.73 Å². The summed E-state index contributed by atoms with van der Waals surface area (Å²) in [5, 5.41) is 3.33. The number of nitrogens with zero attached hydrogens (tertiary/aromatic N) is 2. The van der Waals surface area contributed by atoms with Crippen LogP contribution < -0.4 is 11.1 Å². The molecule has 0 aliphatic carbocycles. The fourth-order valence-corrected chi connectivity index (χ4v) is 2.70. The van der Waals surface area contributed by atoms with Gasteiger partial charge in [-0.25, -0.2) is 0 Å². The molecule has 1 heterocycles. The predicted molar refractivity (Wildman–Crippen MR) is 94.5 cm³/mol. The lowest BCUT2D eigenvalue weighted by Gasteiger charge is -2.34. The molecule has 23 heavy (non-hydrogen) atoms. The maximum absolute atomic E-state index is 11.4. The lowest BCUT2D eigenvalue weighted by molar-refractivity contribution is -0.143. The Hall–Kier alpha value is -0.690. The Bertz CT molecular complexity index is 294. The van der Waals surface area contributed by atoms with Crippen molar-refractivity contribution in [3.05, 3.63) is 0 Å². The van der Waals surface area contributed by atoms with Crippen molar-refractivity contribution in [3.8, 4) is 0 Å². The van der Waals surface area contributed by atoms with E-state index in [4.69, 9.17) is 10.5 Å². The Morgan fingerprint density at radius 3 is 2.30 bits per heavy atom. The molecule has 0 atom stereocenters. The average molecular weight is 329 g/mol. The molecule has 1 rings (SSSR count). The van der Waals surface area contributed by atoms with Gasteiger partial charge < -0.3 is 25.6 Å². The summed E-state index contributed by atoms with van der Waals surface area (Å²) in [5.41, 5.74) is 5.55. The zero-order chi connectivity index (χ0) is 16.8. The van der Waals surface area contributed by atoms with E-state index in [1.54, 1.807) is 0 Å². The van der Waals surface area contributed by atoms with Crippen LogP contribution in [0.4, 0.5) is 0 Å². The van der Waals surface area contributed by atoms with E-state index in [0.717, 1.165) is 84.6 Å². The molecule has 1 aliphatic heterocycles. The lowest BCUT2D eigenvalue weighted by atomic mass is 10.2. The first-order valence-electron chi connectivity index (χ1n) is 9.27. The van der Waals surface area contributed by atoms with E-state index in [2.05, 4.69) is 22.0 Å². The summed E-state index contributed by atoms with van der Waals surface area (Å²) >= 11 is 0. The van der Waals surface area contributed by atoms with Gasteiger partial charge in [-0.1, -0.05) is 13.3 Å². The van der Waals surface area contributed by atoms with Crippen molar-refractivity contribution < 1.29 is 9.53 Å². The molecule has 1 fully saturated rings. The molecular weight excluding hydrogens is 292 g/mol. The molecule has 0 spiro atoms. The van der Waals surface area contributed by atoms with Crippen LogP contribution >= 0.6 is 0 Å². The van der Waals surface area contributed by atoms with Crippen molar-refractivity contribution in [3.63, 3.8) is 0 Å². The van der Waals surface area contributed by atoms with Crippen LogP contribution in [-0.4, -0.2) is 81.3 Å². The number of rotatable bonds is 13. The minimum atomic E-state index is -0.0837. The third kappa shape index (κ3) is 10.7. The second-order valence-corrected chi connectivity index (χ2v) is 6.25. The second-order valence-electron chi connectivity index (χ2n) is 6.25. The van der Waals surface area contributed by atoms with E-state index in [1.807, 2.05) is 0 Å². The Balaban J connectivity index is 1.89. The Kier molecular flexibility index (Phi) is 12.1. The van der Waals surface area contributed by atoms with Crippen LogP contribution in [0.3, 0.4) is 0 Å². The van der Waals surface area contributed by atoms with Crippen LogP contribution in [0.15, 0.2) is 0 Å². The van der Waals surface area contributed by atoms with E-state index >= 15 is 0 Å². The SMILES string of the molecule is CCCCOC(=O)CCNCCCN1CCN(CCCN)CC1. The number of piperazine rings is 1. The number of nitrogens with one attached hydrogen (secondary N) is 1. The van der Waals surface area contributed by atoms with Gasteiger partial charge in [0.2, 0.25) is 0 Å². The smallest absolute Gasteiger partial charge is 0.307 e. The zero-order valence-corrected chi connectivity index (χ0v) is 14.9. The van der Waals surface area contributed by atoms with Gasteiger partial charge in [0.25, 0.3) is 0 Å². The van der Waals surface area contributed by atoms with E-state index in [9.17, 15) is 4.79 Å². The summed E-state index contributed by atoms with van der Waals surface area (Å²) in [7, 11) is 0. The predicted octanol–water partition coefficient (Wildman–Crippen LogP) is 0.666. The molecule has 1 aliphatic rings. The van der Waals surface area contributed by atoms with Crippen LogP contribution in [0, 0.1) is 0 Å². The Morgan fingerprint density at radius 1 is 1.04 bits per heavy atom. The van der Waals surface area contributed by atoms with Gasteiger partial charge in [-0.3, -0.25) is 4.79 Å². The minimum absolute atomic E-state index is 0.0837. The van der Waals surface area contributed by atoms with E-state index in [-0.39, 0.29) is 5.97 Å². The molecule has 0 bridgehead atoms. The third-order valence-corrected chi connectivity index (χ3v) is 4.24. The molecular formula is C17H36N4O2. The highest BCUT2D eigenvalue weighted by atomic mass is 16.5. The number of hydrogen-bond acceptors (Lipinski definition) is 6. The molecule has 0 aromatic carbocycles. The van der Waals surface area contributed by atoms with Crippen molar-refractivity contribution >= 4 is 5.97 Å². The maximum atomic E-state index is 11.4. The first-order chi connectivity index (χ1) is 11.3. The molecule has 0 aromatic heterocycles. The van der Waals surface area contributed by atoms with Gasteiger partial charge in [0, 0.05) is 32.7 Å². The first kappa shape index (κ1) is 20.4. The van der Waals surface area contributed by atoms with Crippen LogP contribution in [0.5, 0.6) is 0 Å². The fraction of sp³-hybridized carbons (Fsp3) is 0.941. The summed E-state index contributed by atoms with van der Waals surface area (Å²) < 4.78 is 5.12. The van der Waals surface area contributed by atoms with Gasteiger partial charge in [-0.15, -0.1) is 0 Å². The monoisotopic (exact) mass is 328 g/mol. The normalized spacial score (nSPS) is 16.6. The summed E-state index contributed by atoms with van der Waals surface area (Å²) in [4.78, 5) is 16.5. The quantitative estimate of drug-likeness (QED) is 0.382. The molecule has 0 unspecified atom stereocenters. The number of ether oxygens (including phenoxy) is 1. The Labute approximate surface area is 141 Å². The van der Waals surface area contributed by atoms with Crippen LogP contribution in [0.2, 0.25) is 0 Å². The van der Waals surface area contributed by atoms with Gasteiger partial charge in [0.1, 0.15) is 0 Å². The van der Waals surface area contributed by atoms with Crippen molar-refractivity contribution in [1.29, 1.82) is 0 Å². The summed E-state index contributed by atoms with van der Waals surface area (Å²) in [6, 6.07) is 0. The maximum Gasteiger partial charge on any atom is 0.307 e. The summed E-state index contributed by atoms with van der Waals surface area (Å²) in [6.07, 6.45) is 4.73. The standard InChI is InChI=1S/C17H36N4O2/c1-2-3-16-23-17(22)6-9-19-8-5-11-21-14-12-20(13-15-21)10-4-7-18/h19H,2-16,18H2,1H3. The van der Waals surface area contributed by atoms with Gasteiger partial charge in [-0.2, -0.15) is 0 Å². The largest absolute Gasteiger partial charge is 0.466 e. The molecule has 0 amide bonds. The lowest BCUT2D eigenvalue weighted by Crippen LogP contribution is -2.47. The molecule has 136 valence electrons. The van der Waals surface area contributed by atoms with E-state index < -0.39 is 0 Å². The number of hydrogen-bond donors (Lipinski definition) is 2. The van der Waals surface area contributed by atoms with Gasteiger partial charge in [0.05, 0.1) is 13.0 Å². The number of unbranched alkanes of at least 4 members (excludes halogenated alkanes) is 1. The van der Waals surface area contributed by atoms with Gasteiger partial charge in [-0.05, 0) is 45.4 Å². The van der Waals surface area contributed by atoms with Gasteiger partial charge in [0.15, 0.2) is 0 Å². The minimum Gasteiger partial charge on any atom is -0.466 e. The highest BCUT2D eigenvalue weighted by Gasteiger charge is 2.15. The first-order valence-corrected chi connectivity index (χ1v) is 9.27. The summed E-state index contributed by atoms with van der Waals surface area (Å²) in [5.74, 6) is -0.0837. The van der Waals surface area contributed by atoms with E-state index in [1.165, 1.54) is 0 Å². The van der Waals surface area contributed by atoms with Crippen LogP contribution in [0.1, 0.15) is 39.0 Å². The number of esters is 1. The van der Waals surface area contributed by atoms with Crippen molar-refractivity contribution in [2.45, 2.75) is 39.0 Å². The third-order valence-electron chi connectivity index (χ3n) is 4.24. The average Bonchev–Trinajstić information content (AvgIpc) is 2.57. The van der Waals surface area contributed by atoms with Crippen LogP contribution in [-0.2, 0) is 9.53 Å². The molecule has 3 N–H and O–H groups in total. The van der Waals surface area contributed by atoms with E-state index in [0.29, 0.717) is 13.0 Å². The highest BCUT2D eigenvalue weighted by molar-refractivity contribution is 5.69. The number of nitrogens with two attached hydrogens (primary N) is 1. The second kappa shape index (κ2) is 13.7. The zero-order valence-electron chi connectivity index (χ0n) is 14.9. The van der Waals surface area contributed by atoms with Crippen LogP contribution in [0.25, 0.3) is 0 Å². The molecule has 6 nitrogen and oxygen atoms in total. The molecule has 0 aromatic rings. The van der Waals surface area contributed by atoms with Crippen molar-refractivity contribution in [2.75, 3.05) is 65.5 Å².